The van der Waals surface area contributed by atoms with E-state index in [-0.39, 0.29) is 5.41 Å². The molecule has 0 fully saturated rings. The lowest BCUT2D eigenvalue weighted by Gasteiger charge is -2.29. The molecule has 3 N–H and O–H groups in total. The lowest BCUT2D eigenvalue weighted by molar-refractivity contribution is 0.359. The number of thiocarbonyl (C=S) groups is 1. The third-order valence-electron chi connectivity index (χ3n) is 2.92. The van der Waals surface area contributed by atoms with E-state index in [1.807, 2.05) is 18.2 Å². The van der Waals surface area contributed by atoms with Crippen molar-refractivity contribution in [3.8, 4) is 0 Å². The number of hydrogen-bond donors (Lipinski definition) is 2. The molecule has 0 bridgehead atoms. The fourth-order valence-corrected chi connectivity index (χ4v) is 2.17. The minimum Gasteiger partial charge on any atom is -0.389 e. The maximum atomic E-state index is 5.62. The first-order chi connectivity index (χ1) is 7.71. The minimum atomic E-state index is 0.217. The van der Waals surface area contributed by atoms with Crippen LogP contribution in [0.4, 0.5) is 5.69 Å². The number of nitrogens with one attached hydrogen (secondary N) is 1. The monoisotopic (exact) mass is 314 g/mol. The number of benzene rings is 1. The highest BCUT2D eigenvalue weighted by atomic mass is 79.9. The van der Waals surface area contributed by atoms with Crippen molar-refractivity contribution < 1.29 is 0 Å². The van der Waals surface area contributed by atoms with Crippen LogP contribution in [0.15, 0.2) is 22.7 Å². The van der Waals surface area contributed by atoms with Gasteiger partial charge in [0.15, 0.2) is 0 Å². The van der Waals surface area contributed by atoms with Crippen molar-refractivity contribution in [1.82, 2.24) is 0 Å². The molecule has 0 amide bonds. The SMILES string of the molecule is CC(Nc1ccc(C(N)=S)c(Br)c1)C(C)(C)C. The molecule has 4 heteroatoms. The predicted molar refractivity (Wildman–Crippen MR) is 82.6 cm³/mol. The van der Waals surface area contributed by atoms with Crippen molar-refractivity contribution in [3.63, 3.8) is 0 Å². The second kappa shape index (κ2) is 5.36. The number of halogens is 1. The van der Waals surface area contributed by atoms with E-state index in [1.54, 1.807) is 0 Å². The minimum absolute atomic E-state index is 0.217. The van der Waals surface area contributed by atoms with Crippen LogP contribution in [0, 0.1) is 5.41 Å². The number of hydrogen-bond acceptors (Lipinski definition) is 2. The van der Waals surface area contributed by atoms with Crippen molar-refractivity contribution in [1.29, 1.82) is 0 Å². The highest BCUT2D eigenvalue weighted by Gasteiger charge is 2.19. The van der Waals surface area contributed by atoms with Crippen LogP contribution in [-0.4, -0.2) is 11.0 Å². The maximum absolute atomic E-state index is 5.62. The summed E-state index contributed by atoms with van der Waals surface area (Å²) in [6, 6.07) is 6.33. The number of nitrogens with two attached hydrogens (primary N) is 1. The molecule has 0 radical (unpaired) electrons. The largest absolute Gasteiger partial charge is 0.389 e. The van der Waals surface area contributed by atoms with Crippen LogP contribution in [0.1, 0.15) is 33.3 Å². The van der Waals surface area contributed by atoms with Crippen molar-refractivity contribution in [2.45, 2.75) is 33.7 Å². The zero-order valence-electron chi connectivity index (χ0n) is 10.7. The van der Waals surface area contributed by atoms with E-state index in [1.165, 1.54) is 0 Å². The molecule has 1 unspecified atom stereocenters. The summed E-state index contributed by atoms with van der Waals surface area (Å²) in [6.07, 6.45) is 0. The van der Waals surface area contributed by atoms with Crippen molar-refractivity contribution in [2.24, 2.45) is 11.1 Å². The zero-order valence-corrected chi connectivity index (χ0v) is 13.1. The van der Waals surface area contributed by atoms with Crippen molar-refractivity contribution in [2.75, 3.05) is 5.32 Å². The molecule has 1 aromatic rings. The Morgan fingerprint density at radius 3 is 2.41 bits per heavy atom. The lowest BCUT2D eigenvalue weighted by Crippen LogP contribution is -2.30. The zero-order chi connectivity index (χ0) is 13.2. The topological polar surface area (TPSA) is 38.0 Å². The fourth-order valence-electron chi connectivity index (χ4n) is 1.27. The average Bonchev–Trinajstić information content (AvgIpc) is 2.15. The van der Waals surface area contributed by atoms with E-state index >= 15 is 0 Å². The molecule has 0 aliphatic carbocycles. The van der Waals surface area contributed by atoms with Crippen LogP contribution < -0.4 is 11.1 Å². The predicted octanol–water partition coefficient (Wildman–Crippen LogP) is 3.93. The normalized spacial score (nSPS) is 13.2. The van der Waals surface area contributed by atoms with Gasteiger partial charge in [-0.2, -0.15) is 0 Å². The van der Waals surface area contributed by atoms with E-state index in [4.69, 9.17) is 18.0 Å². The van der Waals surface area contributed by atoms with E-state index in [0.29, 0.717) is 11.0 Å². The highest BCUT2D eigenvalue weighted by molar-refractivity contribution is 9.10. The molecule has 0 aromatic heterocycles. The Labute approximate surface area is 117 Å². The Kier molecular flexibility index (Phi) is 4.55. The molecule has 17 heavy (non-hydrogen) atoms. The number of anilines is 1. The lowest BCUT2D eigenvalue weighted by atomic mass is 9.88. The first-order valence-corrected chi connectivity index (χ1v) is 6.78. The van der Waals surface area contributed by atoms with Crippen LogP contribution >= 0.6 is 28.1 Å². The Hall–Kier alpha value is -0.610. The molecule has 94 valence electrons. The van der Waals surface area contributed by atoms with E-state index < -0.39 is 0 Å². The van der Waals surface area contributed by atoms with E-state index in [9.17, 15) is 0 Å². The molecular weight excluding hydrogens is 296 g/mol. The summed E-state index contributed by atoms with van der Waals surface area (Å²) in [5, 5.41) is 3.47. The van der Waals surface area contributed by atoms with Gasteiger partial charge in [-0.25, -0.2) is 0 Å². The molecule has 0 saturated carbocycles. The van der Waals surface area contributed by atoms with Gasteiger partial charge in [-0.15, -0.1) is 0 Å². The van der Waals surface area contributed by atoms with Crippen molar-refractivity contribution >= 4 is 38.8 Å². The molecule has 0 aliphatic rings. The molecule has 2 nitrogen and oxygen atoms in total. The second-order valence-corrected chi connectivity index (χ2v) is 6.59. The summed E-state index contributed by atoms with van der Waals surface area (Å²) in [7, 11) is 0. The Morgan fingerprint density at radius 1 is 1.41 bits per heavy atom. The van der Waals surface area contributed by atoms with Gasteiger partial charge >= 0.3 is 0 Å². The summed E-state index contributed by atoms with van der Waals surface area (Å²) in [5.41, 5.74) is 7.77. The second-order valence-electron chi connectivity index (χ2n) is 5.29. The van der Waals surface area contributed by atoms with Gasteiger partial charge in [0, 0.05) is 21.8 Å². The molecule has 0 aliphatic heterocycles. The van der Waals surface area contributed by atoms with E-state index in [0.717, 1.165) is 15.7 Å². The Morgan fingerprint density at radius 2 is 2.00 bits per heavy atom. The molecule has 1 atom stereocenters. The van der Waals surface area contributed by atoms with Gasteiger partial charge in [-0.3, -0.25) is 0 Å². The molecular formula is C13H19BrN2S. The summed E-state index contributed by atoms with van der Waals surface area (Å²) in [6.45, 7) is 8.81. The maximum Gasteiger partial charge on any atom is 0.105 e. The smallest absolute Gasteiger partial charge is 0.105 e. The van der Waals surface area contributed by atoms with Gasteiger partial charge in [0.05, 0.1) is 0 Å². The van der Waals surface area contributed by atoms with Crippen LogP contribution in [0.2, 0.25) is 0 Å². The Bertz CT molecular complexity index is 424. The van der Waals surface area contributed by atoms with Gasteiger partial charge in [0.25, 0.3) is 0 Å². The van der Waals surface area contributed by atoms with Crippen molar-refractivity contribution in [3.05, 3.63) is 28.2 Å². The van der Waals surface area contributed by atoms with Crippen LogP contribution in [-0.2, 0) is 0 Å². The molecule has 0 heterocycles. The molecule has 1 aromatic carbocycles. The van der Waals surface area contributed by atoms with Gasteiger partial charge in [-0.05, 0) is 46.5 Å². The first kappa shape index (κ1) is 14.5. The fraction of sp³-hybridized carbons (Fsp3) is 0.462. The number of rotatable bonds is 3. The standard InChI is InChI=1S/C13H19BrN2S/c1-8(13(2,3)4)16-9-5-6-10(12(15)17)11(14)7-9/h5-8,16H,1-4H3,(H2,15,17). The third-order valence-corrected chi connectivity index (χ3v) is 3.79. The van der Waals surface area contributed by atoms with E-state index in [2.05, 4.69) is 48.9 Å². The molecule has 1 rings (SSSR count). The van der Waals surface area contributed by atoms with Gasteiger partial charge in [-0.1, -0.05) is 33.0 Å². The summed E-state index contributed by atoms with van der Waals surface area (Å²) in [5.74, 6) is 0. The van der Waals surface area contributed by atoms with Gasteiger partial charge in [0.1, 0.15) is 4.99 Å². The summed E-state index contributed by atoms with van der Waals surface area (Å²) >= 11 is 8.45. The summed E-state index contributed by atoms with van der Waals surface area (Å²) in [4.78, 5) is 0.410. The molecule has 0 saturated heterocycles. The van der Waals surface area contributed by atoms with Gasteiger partial charge < -0.3 is 11.1 Å². The first-order valence-electron chi connectivity index (χ1n) is 5.57. The average molecular weight is 315 g/mol. The van der Waals surface area contributed by atoms with Crippen LogP contribution in [0.25, 0.3) is 0 Å². The summed E-state index contributed by atoms with van der Waals surface area (Å²) < 4.78 is 0.927. The third kappa shape index (κ3) is 3.96. The van der Waals surface area contributed by atoms with Gasteiger partial charge in [0.2, 0.25) is 0 Å². The molecule has 0 spiro atoms. The van der Waals surface area contributed by atoms with Crippen LogP contribution in [0.5, 0.6) is 0 Å². The quantitative estimate of drug-likeness (QED) is 0.830. The highest BCUT2D eigenvalue weighted by Crippen LogP contribution is 2.26. The Balaban J connectivity index is 2.88. The van der Waals surface area contributed by atoms with Crippen LogP contribution in [0.3, 0.4) is 0 Å².